The highest BCUT2D eigenvalue weighted by Crippen LogP contribution is 2.29. The van der Waals surface area contributed by atoms with Gasteiger partial charge in [-0.25, -0.2) is 13.4 Å². The van der Waals surface area contributed by atoms with E-state index in [1.54, 1.807) is 18.2 Å². The van der Waals surface area contributed by atoms with Crippen LogP contribution < -0.4 is 5.56 Å². The van der Waals surface area contributed by atoms with Gasteiger partial charge in [0.05, 0.1) is 21.2 Å². The molecule has 1 N–H and O–H groups in total. The highest BCUT2D eigenvalue weighted by Gasteiger charge is 2.29. The molecule has 0 amide bonds. The molecule has 10 heteroatoms. The van der Waals surface area contributed by atoms with E-state index in [0.29, 0.717) is 53.7 Å². The summed E-state index contributed by atoms with van der Waals surface area (Å²) in [6.45, 7) is 2.48. The van der Waals surface area contributed by atoms with Crippen molar-refractivity contribution in [1.29, 1.82) is 0 Å². The Labute approximate surface area is 168 Å². The lowest BCUT2D eigenvalue weighted by atomic mass is 10.2. The van der Waals surface area contributed by atoms with Crippen molar-refractivity contribution in [3.63, 3.8) is 0 Å². The zero-order valence-electron chi connectivity index (χ0n) is 14.3. The van der Waals surface area contributed by atoms with Gasteiger partial charge in [0, 0.05) is 26.2 Å². The summed E-state index contributed by atoms with van der Waals surface area (Å²) in [5.41, 5.74) is 0.515. The minimum absolute atomic E-state index is 0.153. The number of thiophene rings is 1. The molecule has 0 radical (unpaired) electrons. The molecule has 1 aliphatic heterocycles. The first kappa shape index (κ1) is 18.8. The molecule has 4 rings (SSSR count). The molecule has 0 saturated carbocycles. The van der Waals surface area contributed by atoms with E-state index in [1.165, 1.54) is 15.6 Å². The second-order valence-corrected chi connectivity index (χ2v) is 10.9. The van der Waals surface area contributed by atoms with Crippen LogP contribution in [-0.4, -0.2) is 53.8 Å². The minimum Gasteiger partial charge on any atom is -0.309 e. The topological polar surface area (TPSA) is 86.4 Å². The number of fused-ring (bicyclic) bond motifs is 1. The number of H-pyrrole nitrogens is 1. The van der Waals surface area contributed by atoms with E-state index in [-0.39, 0.29) is 5.56 Å². The van der Waals surface area contributed by atoms with Crippen LogP contribution in [0.3, 0.4) is 0 Å². The van der Waals surface area contributed by atoms with Crippen molar-refractivity contribution < 1.29 is 8.42 Å². The number of halogens is 1. The maximum atomic E-state index is 12.7. The maximum Gasteiger partial charge on any atom is 0.258 e. The van der Waals surface area contributed by atoms with Gasteiger partial charge in [0.2, 0.25) is 0 Å². The van der Waals surface area contributed by atoms with Crippen LogP contribution in [-0.2, 0) is 16.6 Å². The summed E-state index contributed by atoms with van der Waals surface area (Å²) in [4.78, 5) is 21.6. The van der Waals surface area contributed by atoms with Crippen LogP contribution >= 0.6 is 27.3 Å². The Morgan fingerprint density at radius 3 is 2.56 bits per heavy atom. The Hall–Kier alpha value is -1.59. The van der Waals surface area contributed by atoms with Gasteiger partial charge in [-0.05, 0) is 40.2 Å². The summed E-state index contributed by atoms with van der Waals surface area (Å²) in [6, 6.07) is 10.6. The lowest BCUT2D eigenvalue weighted by Gasteiger charge is -2.33. The van der Waals surface area contributed by atoms with Crippen molar-refractivity contribution in [2.45, 2.75) is 10.8 Å². The third kappa shape index (κ3) is 3.85. The Morgan fingerprint density at radius 2 is 1.85 bits per heavy atom. The number of hydrogen-bond acceptors (Lipinski definition) is 6. The molecule has 2 aromatic heterocycles. The molecule has 1 aromatic carbocycles. The van der Waals surface area contributed by atoms with E-state index in [1.807, 2.05) is 18.2 Å². The van der Waals surface area contributed by atoms with Gasteiger partial charge < -0.3 is 4.98 Å². The van der Waals surface area contributed by atoms with E-state index in [2.05, 4.69) is 30.8 Å². The van der Waals surface area contributed by atoms with Gasteiger partial charge in [-0.1, -0.05) is 12.1 Å². The van der Waals surface area contributed by atoms with Gasteiger partial charge in [-0.3, -0.25) is 9.69 Å². The number of piperazine rings is 1. The van der Waals surface area contributed by atoms with Crippen LogP contribution in [0.4, 0.5) is 0 Å². The second-order valence-electron chi connectivity index (χ2n) is 6.27. The number of nitrogens with one attached hydrogen (secondary N) is 1. The highest BCUT2D eigenvalue weighted by atomic mass is 79.9. The number of nitrogens with zero attached hydrogens (tertiary/aromatic N) is 3. The van der Waals surface area contributed by atoms with E-state index in [9.17, 15) is 13.2 Å². The predicted molar refractivity (Wildman–Crippen MR) is 108 cm³/mol. The van der Waals surface area contributed by atoms with Crippen molar-refractivity contribution in [2.75, 3.05) is 26.2 Å². The van der Waals surface area contributed by atoms with Crippen LogP contribution in [0.1, 0.15) is 5.82 Å². The normalized spacial score (nSPS) is 16.8. The predicted octanol–water partition coefficient (Wildman–Crippen LogP) is 2.25. The molecule has 7 nitrogen and oxygen atoms in total. The smallest absolute Gasteiger partial charge is 0.258 e. The average molecular weight is 469 g/mol. The van der Waals surface area contributed by atoms with Crippen LogP contribution in [0.5, 0.6) is 0 Å². The van der Waals surface area contributed by atoms with E-state index in [4.69, 9.17) is 0 Å². The summed E-state index contributed by atoms with van der Waals surface area (Å²) < 4.78 is 28.0. The lowest BCUT2D eigenvalue weighted by Crippen LogP contribution is -2.48. The molecule has 0 unspecified atom stereocenters. The van der Waals surface area contributed by atoms with Crippen LogP contribution in [0.15, 0.2) is 49.2 Å². The SMILES string of the molecule is O=c1[nH]c(CN2CCN(S(=O)(=O)c3ccc(Br)s3)CC2)nc2ccccc12. The van der Waals surface area contributed by atoms with Crippen molar-refractivity contribution in [2.24, 2.45) is 0 Å². The molecule has 0 atom stereocenters. The van der Waals surface area contributed by atoms with Crippen LogP contribution in [0.25, 0.3) is 10.9 Å². The molecule has 1 fully saturated rings. The van der Waals surface area contributed by atoms with Crippen LogP contribution in [0.2, 0.25) is 0 Å². The maximum absolute atomic E-state index is 12.7. The Morgan fingerprint density at radius 1 is 1.11 bits per heavy atom. The van der Waals surface area contributed by atoms with E-state index < -0.39 is 10.0 Å². The van der Waals surface area contributed by atoms with Crippen molar-refractivity contribution in [3.05, 3.63) is 56.4 Å². The van der Waals surface area contributed by atoms with Crippen molar-refractivity contribution in [3.8, 4) is 0 Å². The van der Waals surface area contributed by atoms with E-state index >= 15 is 0 Å². The number of rotatable bonds is 4. The number of benzene rings is 1. The summed E-state index contributed by atoms with van der Waals surface area (Å²) in [5, 5.41) is 0.569. The molecule has 3 aromatic rings. The number of sulfonamides is 1. The molecule has 1 aliphatic rings. The fourth-order valence-corrected chi connectivity index (χ4v) is 6.70. The number of aromatic amines is 1. The zero-order chi connectivity index (χ0) is 19.0. The Bertz CT molecular complexity index is 1130. The zero-order valence-corrected chi connectivity index (χ0v) is 17.5. The third-order valence-electron chi connectivity index (χ3n) is 4.51. The number of para-hydroxylation sites is 1. The highest BCUT2D eigenvalue weighted by molar-refractivity contribution is 9.11. The first-order chi connectivity index (χ1) is 12.9. The van der Waals surface area contributed by atoms with Crippen molar-refractivity contribution >= 4 is 48.2 Å². The van der Waals surface area contributed by atoms with Gasteiger partial charge >= 0.3 is 0 Å². The van der Waals surface area contributed by atoms with Gasteiger partial charge in [0.25, 0.3) is 15.6 Å². The average Bonchev–Trinajstić information content (AvgIpc) is 3.10. The first-order valence-corrected chi connectivity index (χ1v) is 11.4. The summed E-state index contributed by atoms with van der Waals surface area (Å²) in [6.07, 6.45) is 0. The molecule has 3 heterocycles. The summed E-state index contributed by atoms with van der Waals surface area (Å²) in [7, 11) is -3.45. The molecule has 27 heavy (non-hydrogen) atoms. The fraction of sp³-hybridized carbons (Fsp3) is 0.294. The molecule has 1 saturated heterocycles. The molecule has 142 valence electrons. The first-order valence-electron chi connectivity index (χ1n) is 8.39. The van der Waals surface area contributed by atoms with Crippen molar-refractivity contribution in [1.82, 2.24) is 19.2 Å². The van der Waals surface area contributed by atoms with Crippen LogP contribution in [0, 0.1) is 0 Å². The summed E-state index contributed by atoms with van der Waals surface area (Å²) in [5.74, 6) is 0.595. The molecular formula is C17H17BrN4O3S2. The fourth-order valence-electron chi connectivity index (χ4n) is 3.11. The largest absolute Gasteiger partial charge is 0.309 e. The van der Waals surface area contributed by atoms with Gasteiger partial charge in [0.1, 0.15) is 10.0 Å². The van der Waals surface area contributed by atoms with E-state index in [0.717, 1.165) is 3.79 Å². The minimum atomic E-state index is -3.45. The quantitative estimate of drug-likeness (QED) is 0.634. The monoisotopic (exact) mass is 468 g/mol. The number of aromatic nitrogens is 2. The standard InChI is InChI=1S/C17H17BrN4O3S2/c18-14-5-6-16(26-14)27(24,25)22-9-7-21(8-10-22)11-15-19-13-4-2-1-3-12(13)17(23)20-15/h1-6H,7-11H2,(H,19,20,23). The Kier molecular flexibility index (Phi) is 5.17. The number of hydrogen-bond donors (Lipinski definition) is 1. The van der Waals surface area contributed by atoms with Gasteiger partial charge in [-0.2, -0.15) is 4.31 Å². The summed E-state index contributed by atoms with van der Waals surface area (Å²) >= 11 is 4.53. The van der Waals surface area contributed by atoms with Gasteiger partial charge in [-0.15, -0.1) is 11.3 Å². The molecule has 0 spiro atoms. The third-order valence-corrected chi connectivity index (χ3v) is 8.50. The Balaban J connectivity index is 1.45. The molecule has 0 aliphatic carbocycles. The molecule has 0 bridgehead atoms. The lowest BCUT2D eigenvalue weighted by molar-refractivity contribution is 0.178. The second kappa shape index (κ2) is 7.44. The molecular weight excluding hydrogens is 452 g/mol. The van der Waals surface area contributed by atoms with Gasteiger partial charge in [0.15, 0.2) is 0 Å².